The van der Waals surface area contributed by atoms with Crippen LogP contribution in [0.1, 0.15) is 25.3 Å². The van der Waals surface area contributed by atoms with Crippen molar-refractivity contribution in [2.24, 2.45) is 7.05 Å². The minimum absolute atomic E-state index is 0.162. The van der Waals surface area contributed by atoms with E-state index in [1.165, 1.54) is 18.2 Å². The van der Waals surface area contributed by atoms with Gasteiger partial charge in [0.1, 0.15) is 11.4 Å². The number of aryl methyl sites for hydroxylation is 1. The lowest BCUT2D eigenvalue weighted by molar-refractivity contribution is 0.311. The zero-order valence-corrected chi connectivity index (χ0v) is 20.6. The van der Waals surface area contributed by atoms with Crippen LogP contribution in [0, 0.1) is 12.3 Å². The second-order valence-electron chi connectivity index (χ2n) is 8.67. The van der Waals surface area contributed by atoms with Gasteiger partial charge in [-0.3, -0.25) is 4.79 Å². The summed E-state index contributed by atoms with van der Waals surface area (Å²) in [6.45, 7) is 2.45. The number of nitrogens with one attached hydrogen (secondary N) is 1. The van der Waals surface area contributed by atoms with Crippen LogP contribution >= 0.6 is 0 Å². The molecule has 0 aliphatic rings. The minimum Gasteiger partial charge on any atom is -0.493 e. The van der Waals surface area contributed by atoms with Crippen molar-refractivity contribution in [3.63, 3.8) is 0 Å². The molecule has 0 saturated carbocycles. The highest BCUT2D eigenvalue weighted by molar-refractivity contribution is 7.86. The van der Waals surface area contributed by atoms with E-state index in [9.17, 15) is 17.1 Å². The summed E-state index contributed by atoms with van der Waals surface area (Å²) in [7, 11) is -3.05. The third-order valence-corrected chi connectivity index (χ3v) is 7.21. The molecule has 0 aliphatic heterocycles. The summed E-state index contributed by atoms with van der Waals surface area (Å²) in [4.78, 5) is 16.6. The second kappa shape index (κ2) is 8.85. The molecular weight excluding hydrogens is 479 g/mol. The van der Waals surface area contributed by atoms with Crippen molar-refractivity contribution < 1.29 is 17.0 Å². The smallest absolute Gasteiger partial charge is 0.332 e. The molecule has 2 aromatic heterocycles. The largest absolute Gasteiger partial charge is 0.493 e. The van der Waals surface area contributed by atoms with Crippen LogP contribution in [0.5, 0.6) is 5.75 Å². The van der Waals surface area contributed by atoms with E-state index in [1.54, 1.807) is 24.3 Å². The molecule has 0 fully saturated rings. The molecule has 0 aliphatic carbocycles. The molecular formula is C28H23FN2O4S. The number of unbranched alkanes of at least 4 members (excludes halogenated alkanes) is 1. The maximum atomic E-state index is 13.7. The van der Waals surface area contributed by atoms with Crippen LogP contribution in [-0.2, 0) is 17.3 Å². The molecule has 1 N–H and O–H groups in total. The van der Waals surface area contributed by atoms with Crippen molar-refractivity contribution >= 4 is 43.1 Å². The van der Waals surface area contributed by atoms with Gasteiger partial charge in [0.25, 0.3) is 0 Å². The zero-order chi connectivity index (χ0) is 25.6. The van der Waals surface area contributed by atoms with Crippen LogP contribution in [0.4, 0.5) is 3.89 Å². The van der Waals surface area contributed by atoms with Crippen molar-refractivity contribution in [3.05, 3.63) is 70.4 Å². The highest BCUT2D eigenvalue weighted by atomic mass is 32.3. The summed E-state index contributed by atoms with van der Waals surface area (Å²) in [5, 5.41) is 1.77. The van der Waals surface area contributed by atoms with Gasteiger partial charge in [-0.1, -0.05) is 37.5 Å². The van der Waals surface area contributed by atoms with Gasteiger partial charge in [-0.15, -0.1) is 10.3 Å². The predicted molar refractivity (Wildman–Crippen MR) is 141 cm³/mol. The first-order valence-electron chi connectivity index (χ1n) is 11.5. The van der Waals surface area contributed by atoms with Crippen LogP contribution in [0.3, 0.4) is 0 Å². The molecule has 0 atom stereocenters. The fourth-order valence-corrected chi connectivity index (χ4v) is 5.03. The van der Waals surface area contributed by atoms with Crippen LogP contribution in [-0.4, -0.2) is 24.6 Å². The van der Waals surface area contributed by atoms with Gasteiger partial charge in [0, 0.05) is 29.1 Å². The lowest BCUT2D eigenvalue weighted by Crippen LogP contribution is -2.10. The fraction of sp³-hybridized carbons (Fsp3) is 0.179. The number of pyridine rings is 1. The van der Waals surface area contributed by atoms with E-state index >= 15 is 0 Å². The molecule has 2 heterocycles. The Bertz CT molecular complexity index is 1880. The number of terminal acetylenes is 1. The lowest BCUT2D eigenvalue weighted by Gasteiger charge is -2.16. The minimum atomic E-state index is -4.89. The Kier molecular flexibility index (Phi) is 5.81. The Morgan fingerprint density at radius 2 is 1.92 bits per heavy atom. The average Bonchev–Trinajstić information content (AvgIpc) is 3.26. The number of hydrogen-bond donors (Lipinski definition) is 1. The summed E-state index contributed by atoms with van der Waals surface area (Å²) in [5.41, 5.74) is 3.55. The molecule has 5 rings (SSSR count). The maximum Gasteiger partial charge on any atom is 0.332 e. The molecule has 0 saturated heterocycles. The number of hydrogen-bond acceptors (Lipinski definition) is 4. The Morgan fingerprint density at radius 1 is 1.11 bits per heavy atom. The maximum absolute atomic E-state index is 13.7. The highest BCUT2D eigenvalue weighted by Gasteiger charge is 2.19. The van der Waals surface area contributed by atoms with Crippen molar-refractivity contribution in [2.45, 2.75) is 24.7 Å². The number of ether oxygens (including phenoxy) is 1. The topological polar surface area (TPSA) is 81.2 Å². The lowest BCUT2D eigenvalue weighted by atomic mass is 10.0. The number of rotatable bonds is 6. The highest BCUT2D eigenvalue weighted by Crippen LogP contribution is 2.36. The molecule has 0 unspecified atom stereocenters. The number of nitrogens with zero attached hydrogens (tertiary/aromatic N) is 1. The van der Waals surface area contributed by atoms with E-state index in [4.69, 9.17) is 11.2 Å². The number of halogens is 1. The van der Waals surface area contributed by atoms with Gasteiger partial charge < -0.3 is 14.3 Å². The van der Waals surface area contributed by atoms with Crippen LogP contribution in [0.15, 0.2) is 64.3 Å². The first-order chi connectivity index (χ1) is 17.2. The molecule has 8 heteroatoms. The van der Waals surface area contributed by atoms with Gasteiger partial charge in [-0.2, -0.15) is 8.42 Å². The summed E-state index contributed by atoms with van der Waals surface area (Å²) >= 11 is 0. The molecule has 0 spiro atoms. The number of aromatic amines is 1. The first kappa shape index (κ1) is 23.6. The van der Waals surface area contributed by atoms with E-state index in [-0.39, 0.29) is 5.43 Å². The Hall–Kier alpha value is -4.09. The first-order valence-corrected chi connectivity index (χ1v) is 12.9. The van der Waals surface area contributed by atoms with Crippen LogP contribution in [0.25, 0.3) is 44.0 Å². The number of aromatic nitrogens is 2. The zero-order valence-electron chi connectivity index (χ0n) is 19.8. The van der Waals surface area contributed by atoms with Crippen LogP contribution < -0.4 is 10.2 Å². The normalized spacial score (nSPS) is 11.8. The molecule has 6 nitrogen and oxygen atoms in total. The van der Waals surface area contributed by atoms with E-state index in [2.05, 4.69) is 10.9 Å². The van der Waals surface area contributed by atoms with Crippen molar-refractivity contribution in [1.82, 2.24) is 9.55 Å². The van der Waals surface area contributed by atoms with Gasteiger partial charge >= 0.3 is 10.2 Å². The second-order valence-corrected chi connectivity index (χ2v) is 10.0. The van der Waals surface area contributed by atoms with Gasteiger partial charge in [0.2, 0.25) is 0 Å². The van der Waals surface area contributed by atoms with Crippen LogP contribution in [0.2, 0.25) is 0 Å². The van der Waals surface area contributed by atoms with E-state index in [0.29, 0.717) is 51.0 Å². The van der Waals surface area contributed by atoms with Gasteiger partial charge in [-0.25, -0.2) is 0 Å². The molecule has 3 aromatic carbocycles. The Balaban J connectivity index is 1.84. The summed E-state index contributed by atoms with van der Waals surface area (Å²) in [6, 6.07) is 14.6. The quantitative estimate of drug-likeness (QED) is 0.185. The Morgan fingerprint density at radius 3 is 2.64 bits per heavy atom. The van der Waals surface area contributed by atoms with E-state index in [0.717, 1.165) is 23.7 Å². The number of fused-ring (bicyclic) bond motifs is 4. The summed E-state index contributed by atoms with van der Waals surface area (Å²) < 4.78 is 44.7. The van der Waals surface area contributed by atoms with Gasteiger partial charge in [-0.05, 0) is 48.4 Å². The molecule has 36 heavy (non-hydrogen) atoms. The Labute approximate surface area is 207 Å². The van der Waals surface area contributed by atoms with Crippen molar-refractivity contribution in [1.29, 1.82) is 0 Å². The molecule has 182 valence electrons. The third kappa shape index (κ3) is 3.91. The van der Waals surface area contributed by atoms with Crippen molar-refractivity contribution in [3.8, 4) is 29.2 Å². The van der Waals surface area contributed by atoms with Gasteiger partial charge in [0.15, 0.2) is 5.43 Å². The fourth-order valence-electron chi connectivity index (χ4n) is 4.52. The van der Waals surface area contributed by atoms with Gasteiger partial charge in [0.05, 0.1) is 27.8 Å². The number of benzene rings is 3. The third-order valence-electron chi connectivity index (χ3n) is 6.39. The molecule has 0 bridgehead atoms. The predicted octanol–water partition coefficient (Wildman–Crippen LogP) is 5.66. The monoisotopic (exact) mass is 502 g/mol. The van der Waals surface area contributed by atoms with E-state index in [1.807, 2.05) is 30.7 Å². The molecule has 0 radical (unpaired) electrons. The molecule has 5 aromatic rings. The summed E-state index contributed by atoms with van der Waals surface area (Å²) in [5.74, 6) is 3.03. The SMILES string of the molecule is C#Cc1ccc2c(c1)[nH]c1c2c(=O)c2cc(OCCCC)c(-c3cccc(S(=O)(=O)F)c3)cc2n1C. The van der Waals surface area contributed by atoms with Crippen molar-refractivity contribution in [2.75, 3.05) is 6.61 Å². The number of H-pyrrole nitrogens is 1. The molecule has 0 amide bonds. The summed E-state index contributed by atoms with van der Waals surface area (Å²) in [6.07, 6.45) is 7.26. The average molecular weight is 503 g/mol. The standard InChI is InChI=1S/C28H23FN2O4S/c1-4-6-12-35-25-16-22-24(15-21(25)18-8-7-9-19(14-18)36(29,33)34)31(3)28-26(27(22)32)20-11-10-17(5-2)13-23(20)30-28/h2,7-11,13-16,30H,4,6,12H2,1,3H3. The van der Waals surface area contributed by atoms with E-state index < -0.39 is 15.1 Å².